The molecule has 2 rings (SSSR count). The minimum absolute atomic E-state index is 0.00365. The molecular formula is C21H29F2N3O. The quantitative estimate of drug-likeness (QED) is 0.737. The van der Waals surface area contributed by atoms with Gasteiger partial charge in [-0.3, -0.25) is 9.89 Å². The van der Waals surface area contributed by atoms with E-state index < -0.39 is 6.17 Å². The van der Waals surface area contributed by atoms with Crippen LogP contribution in [0.5, 0.6) is 0 Å². The van der Waals surface area contributed by atoms with Gasteiger partial charge in [-0.2, -0.15) is 5.10 Å². The fraction of sp³-hybridized carbons (Fsp3) is 0.524. The van der Waals surface area contributed by atoms with Gasteiger partial charge in [0.2, 0.25) is 5.91 Å². The number of hydrogen-bond acceptors (Lipinski definition) is 2. The Morgan fingerprint density at radius 2 is 2.19 bits per heavy atom. The van der Waals surface area contributed by atoms with Crippen LogP contribution in [0.15, 0.2) is 41.5 Å². The second-order valence-corrected chi connectivity index (χ2v) is 7.67. The summed E-state index contributed by atoms with van der Waals surface area (Å²) in [5.74, 6) is -0.400. The third-order valence-electron chi connectivity index (χ3n) is 5.47. The molecule has 27 heavy (non-hydrogen) atoms. The number of carbonyl (C=O) groups is 1. The van der Waals surface area contributed by atoms with Gasteiger partial charge in [-0.15, -0.1) is 0 Å². The Morgan fingerprint density at radius 3 is 2.81 bits per heavy atom. The number of aromatic amines is 1. The predicted octanol–water partition coefficient (Wildman–Crippen LogP) is 5.24. The van der Waals surface area contributed by atoms with E-state index in [1.165, 1.54) is 19.2 Å². The molecule has 0 bridgehead atoms. The average Bonchev–Trinajstić information content (AvgIpc) is 3.06. The standard InChI is InChI=1S/C21H29F2N3O/c1-6-21(5)11-13(2)9-17(7-8-18(23)14(21)3)25-19(27)10-16-12-24-26-20(16)15(4)22/h7-9,12-13,15H,6,10-11H2,1-5H3,(H,24,26)(H,25,27)/b8-7-,17-9-,18-14?. The van der Waals surface area contributed by atoms with E-state index in [1.54, 1.807) is 6.08 Å². The van der Waals surface area contributed by atoms with Gasteiger partial charge in [0.15, 0.2) is 0 Å². The smallest absolute Gasteiger partial charge is 0.228 e. The summed E-state index contributed by atoms with van der Waals surface area (Å²) in [6.07, 6.45) is 6.79. The Kier molecular flexibility index (Phi) is 6.73. The summed E-state index contributed by atoms with van der Waals surface area (Å²) in [7, 11) is 0. The van der Waals surface area contributed by atoms with Gasteiger partial charge < -0.3 is 5.32 Å². The molecule has 0 fully saturated rings. The van der Waals surface area contributed by atoms with Crippen molar-refractivity contribution in [2.45, 2.75) is 60.1 Å². The van der Waals surface area contributed by atoms with E-state index in [0.717, 1.165) is 18.4 Å². The van der Waals surface area contributed by atoms with Crippen LogP contribution < -0.4 is 5.32 Å². The number of nitrogens with one attached hydrogen (secondary N) is 2. The third-order valence-corrected chi connectivity index (χ3v) is 5.47. The number of alkyl halides is 1. The number of carbonyl (C=O) groups excluding carboxylic acids is 1. The lowest BCUT2D eigenvalue weighted by atomic mass is 9.73. The van der Waals surface area contributed by atoms with Gasteiger partial charge in [0, 0.05) is 11.3 Å². The highest BCUT2D eigenvalue weighted by molar-refractivity contribution is 5.81. The topological polar surface area (TPSA) is 57.8 Å². The summed E-state index contributed by atoms with van der Waals surface area (Å²) in [5, 5.41) is 9.21. The average molecular weight is 377 g/mol. The van der Waals surface area contributed by atoms with Gasteiger partial charge in [0.25, 0.3) is 0 Å². The number of allylic oxidation sites excluding steroid dienone is 5. The maximum Gasteiger partial charge on any atom is 0.228 e. The van der Waals surface area contributed by atoms with Crippen molar-refractivity contribution in [3.05, 3.63) is 52.8 Å². The lowest BCUT2D eigenvalue weighted by Gasteiger charge is -2.31. The number of aromatic nitrogens is 2. The second-order valence-electron chi connectivity index (χ2n) is 7.67. The molecule has 0 aromatic carbocycles. The van der Waals surface area contributed by atoms with Gasteiger partial charge in [-0.1, -0.05) is 26.8 Å². The highest BCUT2D eigenvalue weighted by Crippen LogP contribution is 2.40. The molecule has 2 N–H and O–H groups in total. The van der Waals surface area contributed by atoms with Crippen molar-refractivity contribution >= 4 is 5.91 Å². The Hall–Kier alpha value is -2.24. The van der Waals surface area contributed by atoms with E-state index in [9.17, 15) is 13.6 Å². The summed E-state index contributed by atoms with van der Waals surface area (Å²) in [5.41, 5.74) is 1.87. The van der Waals surface area contributed by atoms with Gasteiger partial charge in [0.05, 0.1) is 18.3 Å². The molecule has 0 radical (unpaired) electrons. The second kappa shape index (κ2) is 8.63. The Bertz CT molecular complexity index is 776. The number of hydrogen-bond donors (Lipinski definition) is 2. The van der Waals surface area contributed by atoms with Crippen molar-refractivity contribution in [3.8, 4) is 0 Å². The van der Waals surface area contributed by atoms with Crippen molar-refractivity contribution in [2.75, 3.05) is 0 Å². The number of H-pyrrole nitrogens is 1. The monoisotopic (exact) mass is 377 g/mol. The molecule has 4 nitrogen and oxygen atoms in total. The Balaban J connectivity index is 2.19. The molecule has 3 unspecified atom stereocenters. The minimum Gasteiger partial charge on any atom is -0.326 e. The molecule has 6 heteroatoms. The van der Waals surface area contributed by atoms with E-state index in [2.05, 4.69) is 36.3 Å². The van der Waals surface area contributed by atoms with Crippen molar-refractivity contribution in [1.82, 2.24) is 15.5 Å². The molecule has 1 aromatic rings. The number of halogens is 2. The van der Waals surface area contributed by atoms with Crippen LogP contribution in [0, 0.1) is 11.3 Å². The molecule has 1 heterocycles. The van der Waals surface area contributed by atoms with Gasteiger partial charge in [0.1, 0.15) is 12.0 Å². The lowest BCUT2D eigenvalue weighted by molar-refractivity contribution is -0.119. The van der Waals surface area contributed by atoms with Crippen molar-refractivity contribution < 1.29 is 13.6 Å². The van der Waals surface area contributed by atoms with Crippen molar-refractivity contribution in [3.63, 3.8) is 0 Å². The molecule has 0 aliphatic heterocycles. The first kappa shape index (κ1) is 21.1. The molecule has 3 atom stereocenters. The molecule has 1 aromatic heterocycles. The molecular weight excluding hydrogens is 348 g/mol. The summed E-state index contributed by atoms with van der Waals surface area (Å²) in [4.78, 5) is 12.4. The summed E-state index contributed by atoms with van der Waals surface area (Å²) >= 11 is 0. The van der Waals surface area contributed by atoms with Gasteiger partial charge in [-0.25, -0.2) is 8.78 Å². The molecule has 0 saturated carbocycles. The maximum atomic E-state index is 14.6. The number of amides is 1. The van der Waals surface area contributed by atoms with E-state index in [1.807, 2.05) is 13.0 Å². The molecule has 0 spiro atoms. The molecule has 148 valence electrons. The van der Waals surface area contributed by atoms with Gasteiger partial charge >= 0.3 is 0 Å². The van der Waals surface area contributed by atoms with Crippen LogP contribution in [-0.4, -0.2) is 16.1 Å². The summed E-state index contributed by atoms with van der Waals surface area (Å²) in [6.45, 7) is 9.41. The Labute approximate surface area is 159 Å². The summed E-state index contributed by atoms with van der Waals surface area (Å²) < 4.78 is 28.1. The fourth-order valence-electron chi connectivity index (χ4n) is 3.54. The van der Waals surface area contributed by atoms with Crippen LogP contribution in [0.2, 0.25) is 0 Å². The van der Waals surface area contributed by atoms with Crippen molar-refractivity contribution in [1.29, 1.82) is 0 Å². The number of rotatable bonds is 5. The fourth-order valence-corrected chi connectivity index (χ4v) is 3.54. The first-order valence-corrected chi connectivity index (χ1v) is 9.39. The van der Waals surface area contributed by atoms with E-state index in [0.29, 0.717) is 17.0 Å². The zero-order valence-corrected chi connectivity index (χ0v) is 16.7. The van der Waals surface area contributed by atoms with Crippen LogP contribution >= 0.6 is 0 Å². The van der Waals surface area contributed by atoms with Crippen LogP contribution in [0.4, 0.5) is 8.78 Å². The number of nitrogens with zero attached hydrogens (tertiary/aromatic N) is 1. The largest absolute Gasteiger partial charge is 0.326 e. The maximum absolute atomic E-state index is 14.6. The van der Waals surface area contributed by atoms with Crippen molar-refractivity contribution in [2.24, 2.45) is 11.3 Å². The molecule has 0 saturated heterocycles. The molecule has 1 aliphatic rings. The SMILES string of the molecule is CCC1(C)CC(C)/C=C(NC(=O)Cc2cn[nH]c2C(C)F)/C=C\C(F)=C1C. The van der Waals surface area contributed by atoms with Crippen LogP contribution in [0.1, 0.15) is 64.9 Å². The first-order valence-electron chi connectivity index (χ1n) is 9.39. The lowest BCUT2D eigenvalue weighted by Crippen LogP contribution is -2.25. The van der Waals surface area contributed by atoms with Crippen LogP contribution in [-0.2, 0) is 11.2 Å². The normalized spacial score (nSPS) is 27.8. The first-order chi connectivity index (χ1) is 12.7. The zero-order valence-electron chi connectivity index (χ0n) is 16.7. The van der Waals surface area contributed by atoms with E-state index >= 15 is 0 Å². The zero-order chi connectivity index (χ0) is 20.2. The van der Waals surface area contributed by atoms with E-state index in [4.69, 9.17) is 0 Å². The van der Waals surface area contributed by atoms with Crippen LogP contribution in [0.25, 0.3) is 0 Å². The Morgan fingerprint density at radius 1 is 1.48 bits per heavy atom. The molecule has 1 aliphatic carbocycles. The highest BCUT2D eigenvalue weighted by atomic mass is 19.1. The van der Waals surface area contributed by atoms with Crippen LogP contribution in [0.3, 0.4) is 0 Å². The summed E-state index contributed by atoms with van der Waals surface area (Å²) in [6, 6.07) is 0. The van der Waals surface area contributed by atoms with Gasteiger partial charge in [-0.05, 0) is 55.7 Å². The van der Waals surface area contributed by atoms with E-state index in [-0.39, 0.29) is 29.5 Å². The third kappa shape index (κ3) is 5.15. The minimum atomic E-state index is -1.23. The molecule has 1 amide bonds. The predicted molar refractivity (Wildman–Crippen MR) is 103 cm³/mol. The highest BCUT2D eigenvalue weighted by Gasteiger charge is 2.29.